The first-order valence-electron chi connectivity index (χ1n) is 8.08. The lowest BCUT2D eigenvalue weighted by Crippen LogP contribution is -2.33. The fourth-order valence-corrected chi connectivity index (χ4v) is 2.27. The number of benzene rings is 2. The van der Waals surface area contributed by atoms with Crippen LogP contribution in [0.4, 0.5) is 0 Å². The molecule has 0 aliphatic heterocycles. The Bertz CT molecular complexity index is 761. The van der Waals surface area contributed by atoms with E-state index in [-0.39, 0.29) is 25.5 Å². The molecule has 0 radical (unpaired) electrons. The van der Waals surface area contributed by atoms with Gasteiger partial charge in [-0.1, -0.05) is 47.6 Å². The first-order chi connectivity index (χ1) is 12.7. The molecule has 2 aromatic carbocycles. The van der Waals surface area contributed by atoms with Gasteiger partial charge in [-0.05, 0) is 24.1 Å². The summed E-state index contributed by atoms with van der Waals surface area (Å²) in [5.74, 6) is 0.187. The van der Waals surface area contributed by atoms with Gasteiger partial charge in [0.05, 0.1) is 13.2 Å². The molecule has 2 aromatic rings. The predicted molar refractivity (Wildman–Crippen MR) is 96.7 cm³/mol. The maximum Gasteiger partial charge on any atom is 0.297 e. The van der Waals surface area contributed by atoms with Crippen LogP contribution in [0.25, 0.3) is 0 Å². The molecule has 0 atom stereocenters. The number of aliphatic hydroxyl groups is 1. The Morgan fingerprint density at radius 1 is 1.15 bits per heavy atom. The molecule has 0 unspecified atom stereocenters. The van der Waals surface area contributed by atoms with Crippen LogP contribution in [-0.4, -0.2) is 37.0 Å². The molecule has 0 bridgehead atoms. The molecule has 0 aromatic heterocycles. The number of carbonyl (C=O) groups is 1. The lowest BCUT2D eigenvalue weighted by Gasteiger charge is -2.13. The summed E-state index contributed by atoms with van der Waals surface area (Å²) >= 11 is 0. The third-order valence-electron chi connectivity index (χ3n) is 3.51. The molecule has 0 spiro atoms. The molecule has 26 heavy (non-hydrogen) atoms. The maximum absolute atomic E-state index is 12.3. The highest BCUT2D eigenvalue weighted by Gasteiger charge is 2.19. The van der Waals surface area contributed by atoms with Crippen LogP contribution >= 0.6 is 0 Å². The lowest BCUT2D eigenvalue weighted by molar-refractivity contribution is -0.127. The Labute approximate surface area is 152 Å². The van der Waals surface area contributed by atoms with Crippen molar-refractivity contribution >= 4 is 11.6 Å². The van der Waals surface area contributed by atoms with E-state index in [0.29, 0.717) is 5.56 Å². The number of para-hydroxylation sites is 1. The van der Waals surface area contributed by atoms with E-state index in [9.17, 15) is 4.79 Å². The molecular formula is C19H22N2O5. The molecule has 0 aliphatic rings. The average molecular weight is 358 g/mol. The summed E-state index contributed by atoms with van der Waals surface area (Å²) in [7, 11) is 1.36. The minimum absolute atomic E-state index is 0.0238. The van der Waals surface area contributed by atoms with Crippen LogP contribution in [0.2, 0.25) is 0 Å². The molecule has 0 fully saturated rings. The Balaban J connectivity index is 2.20. The van der Waals surface area contributed by atoms with Crippen molar-refractivity contribution in [2.45, 2.75) is 13.5 Å². The van der Waals surface area contributed by atoms with Crippen LogP contribution in [0.1, 0.15) is 16.7 Å². The summed E-state index contributed by atoms with van der Waals surface area (Å²) in [6.07, 6.45) is 0. The van der Waals surface area contributed by atoms with E-state index in [2.05, 4.69) is 10.6 Å². The van der Waals surface area contributed by atoms with E-state index in [1.165, 1.54) is 7.11 Å². The van der Waals surface area contributed by atoms with E-state index in [4.69, 9.17) is 19.5 Å². The molecule has 7 heteroatoms. The van der Waals surface area contributed by atoms with E-state index in [1.807, 2.05) is 43.3 Å². The molecule has 0 aliphatic carbocycles. The number of nitrogens with zero attached hydrogens (tertiary/aromatic N) is 1. The van der Waals surface area contributed by atoms with Gasteiger partial charge in [0.15, 0.2) is 5.71 Å². The smallest absolute Gasteiger partial charge is 0.297 e. The zero-order chi connectivity index (χ0) is 18.8. The van der Waals surface area contributed by atoms with Gasteiger partial charge in [0.1, 0.15) is 19.5 Å². The normalized spacial score (nSPS) is 11.1. The van der Waals surface area contributed by atoms with Gasteiger partial charge in [-0.3, -0.25) is 9.63 Å². The van der Waals surface area contributed by atoms with Crippen LogP contribution in [0.15, 0.2) is 53.7 Å². The minimum Gasteiger partial charge on any atom is -0.489 e. The fourth-order valence-electron chi connectivity index (χ4n) is 2.27. The molecule has 7 nitrogen and oxygen atoms in total. The number of hydrogen-bond acceptors (Lipinski definition) is 6. The van der Waals surface area contributed by atoms with Gasteiger partial charge < -0.3 is 14.7 Å². The van der Waals surface area contributed by atoms with E-state index >= 15 is 0 Å². The molecule has 2 rings (SSSR count). The Kier molecular flexibility index (Phi) is 7.60. The van der Waals surface area contributed by atoms with Crippen molar-refractivity contribution in [3.8, 4) is 5.75 Å². The summed E-state index contributed by atoms with van der Waals surface area (Å²) in [6.45, 7) is 1.99. The number of amides is 1. The van der Waals surface area contributed by atoms with Gasteiger partial charge >= 0.3 is 0 Å². The maximum atomic E-state index is 12.3. The largest absolute Gasteiger partial charge is 0.489 e. The second kappa shape index (κ2) is 10.2. The van der Waals surface area contributed by atoms with Gasteiger partial charge in [0, 0.05) is 5.56 Å². The van der Waals surface area contributed by atoms with Crippen LogP contribution in [0, 0.1) is 6.92 Å². The number of hydrogen-bond donors (Lipinski definition) is 2. The minimum atomic E-state index is -0.580. The number of hydroxylamine groups is 1. The number of rotatable bonds is 9. The first kappa shape index (κ1) is 19.4. The monoisotopic (exact) mass is 358 g/mol. The van der Waals surface area contributed by atoms with Crippen molar-refractivity contribution in [1.29, 1.82) is 0 Å². The van der Waals surface area contributed by atoms with Gasteiger partial charge in [-0.2, -0.15) is 0 Å². The third-order valence-corrected chi connectivity index (χ3v) is 3.51. The Morgan fingerprint density at radius 2 is 1.88 bits per heavy atom. The van der Waals surface area contributed by atoms with E-state index in [0.717, 1.165) is 16.9 Å². The Hall–Kier alpha value is -2.90. The van der Waals surface area contributed by atoms with Crippen molar-refractivity contribution in [3.63, 3.8) is 0 Å². The highest BCUT2D eigenvalue weighted by Crippen LogP contribution is 2.19. The van der Waals surface area contributed by atoms with E-state index < -0.39 is 5.91 Å². The average Bonchev–Trinajstić information content (AvgIpc) is 2.66. The van der Waals surface area contributed by atoms with Gasteiger partial charge in [0.2, 0.25) is 0 Å². The van der Waals surface area contributed by atoms with Gasteiger partial charge in [-0.15, -0.1) is 0 Å². The van der Waals surface area contributed by atoms with Crippen molar-refractivity contribution < 1.29 is 24.3 Å². The number of ether oxygens (including phenoxy) is 1. The number of aryl methyl sites for hydroxylation is 1. The summed E-state index contributed by atoms with van der Waals surface area (Å²) in [6, 6.07) is 14.9. The molecule has 1 amide bonds. The molecule has 0 saturated carbocycles. The Morgan fingerprint density at radius 3 is 2.62 bits per heavy atom. The summed E-state index contributed by atoms with van der Waals surface area (Å²) in [5, 5.41) is 12.5. The number of aliphatic hydroxyl groups excluding tert-OH is 1. The van der Waals surface area contributed by atoms with Crippen molar-refractivity contribution in [2.75, 3.05) is 20.3 Å². The van der Waals surface area contributed by atoms with Gasteiger partial charge in [0.25, 0.3) is 5.91 Å². The number of carbonyl (C=O) groups excluding carboxylic acids is 1. The molecule has 138 valence electrons. The number of oxime groups is 1. The second-order valence-electron chi connectivity index (χ2n) is 5.34. The molecule has 0 heterocycles. The van der Waals surface area contributed by atoms with Crippen LogP contribution < -0.4 is 10.2 Å². The first-order valence-corrected chi connectivity index (χ1v) is 8.08. The van der Waals surface area contributed by atoms with E-state index in [1.54, 1.807) is 12.1 Å². The standard InChI is InChI=1S/C19H22N2O5/c1-14-7-3-6-10-17(14)25-13-15-8-4-5-9-16(15)18(20-24-2)19(23)21-26-12-11-22/h3-10,22H,11-13H2,1-2H3,(H,21,23)/b20-18-. The van der Waals surface area contributed by atoms with Crippen molar-refractivity contribution in [1.82, 2.24) is 5.48 Å². The highest BCUT2D eigenvalue weighted by atomic mass is 16.7. The quantitative estimate of drug-likeness (QED) is 0.406. The lowest BCUT2D eigenvalue weighted by atomic mass is 10.0. The van der Waals surface area contributed by atoms with Gasteiger partial charge in [-0.25, -0.2) is 5.48 Å². The fraction of sp³-hybridized carbons (Fsp3) is 0.263. The second-order valence-corrected chi connectivity index (χ2v) is 5.34. The predicted octanol–water partition coefficient (Wildman–Crippen LogP) is 1.96. The summed E-state index contributed by atoms with van der Waals surface area (Å²) in [5.41, 5.74) is 4.63. The summed E-state index contributed by atoms with van der Waals surface area (Å²) in [4.78, 5) is 22.0. The third kappa shape index (κ3) is 5.30. The van der Waals surface area contributed by atoms with Crippen molar-refractivity contribution in [2.24, 2.45) is 5.16 Å². The topological polar surface area (TPSA) is 89.4 Å². The van der Waals surface area contributed by atoms with Crippen LogP contribution in [0.3, 0.4) is 0 Å². The van der Waals surface area contributed by atoms with Crippen molar-refractivity contribution in [3.05, 3.63) is 65.2 Å². The molecule has 0 saturated heterocycles. The highest BCUT2D eigenvalue weighted by molar-refractivity contribution is 6.45. The molecule has 2 N–H and O–H groups in total. The molecular weight excluding hydrogens is 336 g/mol. The van der Waals surface area contributed by atoms with Crippen LogP contribution in [-0.2, 0) is 21.1 Å². The zero-order valence-corrected chi connectivity index (χ0v) is 14.8. The number of nitrogens with one attached hydrogen (secondary N) is 1. The van der Waals surface area contributed by atoms with Crippen LogP contribution in [0.5, 0.6) is 5.75 Å². The summed E-state index contributed by atoms with van der Waals surface area (Å²) < 4.78 is 5.88. The SMILES string of the molecule is CO/N=C(\C(=O)NOCCO)c1ccccc1COc1ccccc1C. The zero-order valence-electron chi connectivity index (χ0n) is 14.8.